The minimum Gasteiger partial charge on any atom is -0.493 e. The number of thioether (sulfide) groups is 1. The number of hydrogen-bond acceptors (Lipinski definition) is 23. The molecule has 27 nitrogen and oxygen atoms in total. The smallest absolute Gasteiger partial charge is 0.296 e. The highest BCUT2D eigenvalue weighted by Gasteiger charge is 2.26. The second-order valence-corrected chi connectivity index (χ2v) is 26.9. The van der Waals surface area contributed by atoms with Crippen LogP contribution in [-0.2, 0) is 50.6 Å². The summed E-state index contributed by atoms with van der Waals surface area (Å²) in [6.45, 7) is 4.24. The molecule has 0 atom stereocenters. The highest BCUT2D eigenvalue weighted by molar-refractivity contribution is 7.99. The van der Waals surface area contributed by atoms with Crippen LogP contribution in [-0.4, -0.2) is 108 Å². The minimum atomic E-state index is -4.90. The van der Waals surface area contributed by atoms with E-state index in [-0.39, 0.29) is 123 Å². The molecule has 0 amide bonds. The van der Waals surface area contributed by atoms with E-state index in [1.165, 1.54) is 50.2 Å². The van der Waals surface area contributed by atoms with Crippen molar-refractivity contribution in [1.29, 1.82) is 5.26 Å². The second kappa shape index (κ2) is 22.1. The zero-order valence-corrected chi connectivity index (χ0v) is 46.9. The number of nitrogens with zero attached hydrogens (tertiary/aromatic N) is 10. The van der Waals surface area contributed by atoms with Crippen molar-refractivity contribution in [2.75, 3.05) is 23.9 Å². The van der Waals surface area contributed by atoms with Crippen molar-refractivity contribution in [3.63, 3.8) is 0 Å². The summed E-state index contributed by atoms with van der Waals surface area (Å²) in [4.78, 5) is 7.30. The monoisotopic (exact) mass is 1240 g/mol. The number of azo groups is 3. The number of pyridine rings is 1. The van der Waals surface area contributed by atoms with Crippen molar-refractivity contribution in [3.8, 4) is 17.7 Å². The summed E-state index contributed by atoms with van der Waals surface area (Å²) in [5.74, 6) is -1.91. The van der Waals surface area contributed by atoms with E-state index < -0.39 is 82.7 Å². The molecule has 0 saturated carbocycles. The lowest BCUT2D eigenvalue weighted by Crippen LogP contribution is -2.08. The third kappa shape index (κ3) is 13.2. The Morgan fingerprint density at radius 3 is 2.01 bits per heavy atom. The van der Waals surface area contributed by atoms with E-state index >= 15 is 0 Å². The molecular weight excluding hydrogens is 1200 g/mol. The largest absolute Gasteiger partial charge is 0.493 e. The van der Waals surface area contributed by atoms with Crippen molar-refractivity contribution in [1.82, 2.24) is 14.4 Å². The molecule has 0 radical (unpaired) electrons. The summed E-state index contributed by atoms with van der Waals surface area (Å²) in [7, 11) is -23.1. The van der Waals surface area contributed by atoms with Gasteiger partial charge in [0.1, 0.15) is 44.9 Å². The molecule has 8 rings (SSSR count). The molecule has 35 heteroatoms. The number of hydrogen-bond donors (Lipinski definition) is 6. The van der Waals surface area contributed by atoms with E-state index in [1.807, 2.05) is 6.07 Å². The van der Waals surface area contributed by atoms with E-state index in [0.717, 1.165) is 51.8 Å². The predicted molar refractivity (Wildman–Crippen MR) is 289 cm³/mol. The maximum absolute atomic E-state index is 12.4. The van der Waals surface area contributed by atoms with Crippen molar-refractivity contribution in [3.05, 3.63) is 87.9 Å². The molecule has 0 aliphatic heterocycles. The third-order valence-corrected chi connectivity index (χ3v) is 17.9. The number of ether oxygens (including phenoxy) is 1. The van der Waals surface area contributed by atoms with Crippen LogP contribution in [0.5, 0.6) is 11.6 Å². The maximum atomic E-state index is 12.4. The number of aromatic hydroxyl groups is 1. The Hall–Kier alpha value is -6.72. The van der Waals surface area contributed by atoms with Gasteiger partial charge in [0.2, 0.25) is 11.0 Å². The quantitative estimate of drug-likeness (QED) is 0.0190. The van der Waals surface area contributed by atoms with Gasteiger partial charge in [-0.1, -0.05) is 29.0 Å². The molecule has 0 saturated heterocycles. The fourth-order valence-electron chi connectivity index (χ4n) is 7.71. The zero-order chi connectivity index (χ0) is 57.7. The van der Waals surface area contributed by atoms with Crippen LogP contribution >= 0.6 is 34.7 Å². The summed E-state index contributed by atoms with van der Waals surface area (Å²) < 4.78 is 174. The van der Waals surface area contributed by atoms with Crippen molar-refractivity contribution in [2.24, 2.45) is 30.7 Å². The number of benzene rings is 5. The zero-order valence-electron chi connectivity index (χ0n) is 40.4. The van der Waals surface area contributed by atoms with Crippen LogP contribution in [0.25, 0.3) is 37.7 Å². The number of aryl methyl sites for hydroxylation is 2. The van der Waals surface area contributed by atoms with Crippen LogP contribution in [0.1, 0.15) is 35.1 Å². The van der Waals surface area contributed by atoms with Crippen molar-refractivity contribution in [2.45, 2.75) is 53.2 Å². The van der Waals surface area contributed by atoms with E-state index in [9.17, 15) is 75.2 Å². The fraction of sp³-hybridized carbons (Fsp3) is 0.205. The molecule has 0 bridgehead atoms. The molecule has 0 aliphatic rings. The Bertz CT molecular complexity index is 4620. The molecular formula is C44H37ClN10O17S7. The van der Waals surface area contributed by atoms with Crippen LogP contribution in [0.15, 0.2) is 111 Å². The maximum Gasteiger partial charge on any atom is 0.296 e. The molecule has 79 heavy (non-hydrogen) atoms. The van der Waals surface area contributed by atoms with Crippen LogP contribution in [0.3, 0.4) is 0 Å². The first-order valence-electron chi connectivity index (χ1n) is 22.1. The average Bonchev–Trinajstić information content (AvgIpc) is 4.09. The second-order valence-electron chi connectivity index (χ2n) is 17.0. The Balaban J connectivity index is 1.18. The minimum absolute atomic E-state index is 0.00182. The first-order valence-corrected chi connectivity index (χ1v) is 31.8. The number of halogens is 1. The summed E-state index contributed by atoms with van der Waals surface area (Å²) >= 11 is 8.50. The SMILES string of the molecule is Cc1cc(N=Nc2c(C)c(C#N)c3nc4c(C)cc(S(=O)(=O)O)cc4n3c2O)c(OCCCS(=O)(=O)O)cc1N=Nc1cc(Cl)c(N=Nc2nc3c(S(=O)(=O)O)cc4ccc(S(=O)(=O)O)cc4c3s2)cc1SCCCS(=O)(=O)O. The normalized spacial score (nSPS) is 13.1. The lowest BCUT2D eigenvalue weighted by molar-refractivity contribution is 0.317. The van der Waals surface area contributed by atoms with E-state index in [4.69, 9.17) is 16.3 Å². The van der Waals surface area contributed by atoms with Gasteiger partial charge in [0.05, 0.1) is 54.3 Å². The highest BCUT2D eigenvalue weighted by atomic mass is 35.5. The Kier molecular flexibility index (Phi) is 16.3. The van der Waals surface area contributed by atoms with Gasteiger partial charge in [0.25, 0.3) is 50.6 Å². The van der Waals surface area contributed by atoms with Crippen LogP contribution in [0, 0.1) is 32.1 Å². The highest BCUT2D eigenvalue weighted by Crippen LogP contribution is 2.45. The predicted octanol–water partition coefficient (Wildman–Crippen LogP) is 10.4. The first kappa shape index (κ1) is 58.4. The number of imidazole rings is 1. The van der Waals surface area contributed by atoms with E-state index in [1.54, 1.807) is 6.92 Å². The Labute approximate surface area is 461 Å². The van der Waals surface area contributed by atoms with E-state index in [0.29, 0.717) is 11.1 Å². The molecule has 6 N–H and O–H groups in total. The van der Waals surface area contributed by atoms with Crippen LogP contribution < -0.4 is 4.74 Å². The first-order chi connectivity index (χ1) is 36.8. The number of rotatable bonds is 19. The van der Waals surface area contributed by atoms with Crippen molar-refractivity contribution >= 4 is 157 Å². The molecule has 3 heterocycles. The summed E-state index contributed by atoms with van der Waals surface area (Å²) in [6, 6.07) is 14.1. The van der Waals surface area contributed by atoms with Gasteiger partial charge in [-0.3, -0.25) is 27.2 Å². The number of aromatic nitrogens is 3. The van der Waals surface area contributed by atoms with Crippen LogP contribution in [0.4, 0.5) is 33.6 Å². The van der Waals surface area contributed by atoms with Gasteiger partial charge in [-0.15, -0.1) is 37.3 Å². The van der Waals surface area contributed by atoms with Gasteiger partial charge in [-0.25, -0.2) is 9.97 Å². The molecule has 0 spiro atoms. The van der Waals surface area contributed by atoms with Gasteiger partial charge in [-0.2, -0.15) is 52.5 Å². The van der Waals surface area contributed by atoms with Gasteiger partial charge < -0.3 is 9.84 Å². The topological polar surface area (TPSA) is 429 Å². The molecule has 5 aromatic carbocycles. The van der Waals surface area contributed by atoms with Gasteiger partial charge >= 0.3 is 0 Å². The van der Waals surface area contributed by atoms with Gasteiger partial charge in [0, 0.05) is 21.9 Å². The molecule has 0 fully saturated rings. The third-order valence-electron chi connectivity index (χ3n) is 11.4. The average molecular weight is 1240 g/mol. The number of fused-ring (bicyclic) bond motifs is 6. The van der Waals surface area contributed by atoms with Gasteiger partial charge in [0.15, 0.2) is 11.3 Å². The summed E-state index contributed by atoms with van der Waals surface area (Å²) in [6.07, 6.45) is -0.251. The molecule has 0 aliphatic carbocycles. The summed E-state index contributed by atoms with van der Waals surface area (Å²) in [5.41, 5.74) is 0.392. The van der Waals surface area contributed by atoms with Gasteiger partial charge in [-0.05, 0) is 104 Å². The lowest BCUT2D eigenvalue weighted by atomic mass is 10.1. The molecule has 3 aromatic heterocycles. The molecule has 0 unspecified atom stereocenters. The lowest BCUT2D eigenvalue weighted by Gasteiger charge is -2.12. The van der Waals surface area contributed by atoms with Crippen molar-refractivity contribution < 1.29 is 74.7 Å². The summed E-state index contributed by atoms with van der Waals surface area (Å²) in [5, 5.41) is 47.6. The van der Waals surface area contributed by atoms with Crippen LogP contribution in [0.2, 0.25) is 5.02 Å². The molecule has 8 aromatic rings. The van der Waals surface area contributed by atoms with E-state index in [2.05, 4.69) is 40.7 Å². The standard InChI is InChI=1S/C44H37ClN10O17S7/c1-21-13-32(51-53-39-23(3)28(20-46)42-47-38-22(2)12-26(78(66,67)68)16-34(38)55(42)43(39)56)35(72-8-4-10-75(57,58)59)18-30(21)49-52-33-17-29(45)31(19-36(33)73-9-5-11-76(60,61)62)50-54-44-48-40-37(79(69,70)71)14-24-6-7-25(77(63,64)65)15-27(24)41(40)74-44/h6-7,12-19,56H,4-5,8-11H2,1-3H3,(H,57,58,59)(H,60,61,62)(H,63,64,65)(H,66,67,68)(H,69,70,71). The number of nitriles is 1. The fourth-order valence-corrected chi connectivity index (χ4v) is 12.8. The Morgan fingerprint density at radius 1 is 0.696 bits per heavy atom. The number of thiazole rings is 1. The Morgan fingerprint density at radius 2 is 1.35 bits per heavy atom. The molecule has 414 valence electrons.